The van der Waals surface area contributed by atoms with Crippen LogP contribution in [0, 0.1) is 22.6 Å². The third-order valence-corrected chi connectivity index (χ3v) is 5.38. The Morgan fingerprint density at radius 1 is 1.26 bits per heavy atom. The molecule has 1 atom stereocenters. The summed E-state index contributed by atoms with van der Waals surface area (Å²) in [4.78, 5) is 6.25. The molecule has 1 aliphatic heterocycles. The molecule has 1 unspecified atom stereocenters. The zero-order chi connectivity index (χ0) is 18.9. The first-order valence-electron chi connectivity index (χ1n) is 8.96. The van der Waals surface area contributed by atoms with Gasteiger partial charge >= 0.3 is 0 Å². The lowest BCUT2D eigenvalue weighted by atomic mass is 9.75. The first kappa shape index (κ1) is 17.6. The molecule has 7 heteroatoms. The molecular formula is C20H20FN5O. The fourth-order valence-corrected chi connectivity index (χ4v) is 3.74. The first-order chi connectivity index (χ1) is 13.1. The van der Waals surface area contributed by atoms with Crippen LogP contribution in [0.25, 0.3) is 5.65 Å². The largest absolute Gasteiger partial charge is 0.374 e. The molecule has 1 aliphatic rings. The molecule has 0 saturated carbocycles. The number of benzene rings is 1. The second-order valence-corrected chi connectivity index (χ2v) is 7.09. The molecular weight excluding hydrogens is 345 g/mol. The number of nitrogens with zero attached hydrogens (tertiary/aromatic N) is 5. The minimum absolute atomic E-state index is 0.273. The predicted octanol–water partition coefficient (Wildman–Crippen LogP) is 2.71. The van der Waals surface area contributed by atoms with Crippen LogP contribution in [-0.2, 0) is 6.42 Å². The van der Waals surface area contributed by atoms with Crippen LogP contribution in [-0.4, -0.2) is 37.7 Å². The number of piperidine rings is 1. The van der Waals surface area contributed by atoms with Crippen LogP contribution < -0.4 is 0 Å². The highest BCUT2D eigenvalue weighted by molar-refractivity contribution is 5.46. The molecule has 27 heavy (non-hydrogen) atoms. The van der Waals surface area contributed by atoms with Gasteiger partial charge in [-0.05, 0) is 43.0 Å². The van der Waals surface area contributed by atoms with Crippen molar-refractivity contribution in [3.05, 3.63) is 65.9 Å². The minimum atomic E-state index is -0.806. The normalized spacial score (nSPS) is 18.3. The minimum Gasteiger partial charge on any atom is -0.374 e. The summed E-state index contributed by atoms with van der Waals surface area (Å²) in [6, 6.07) is 10.6. The van der Waals surface area contributed by atoms with Gasteiger partial charge < -0.3 is 5.11 Å². The second kappa shape index (κ2) is 7.06. The van der Waals surface area contributed by atoms with Crippen molar-refractivity contribution in [1.29, 1.82) is 5.26 Å². The maximum atomic E-state index is 13.1. The van der Waals surface area contributed by atoms with E-state index in [4.69, 9.17) is 0 Å². The number of nitriles is 1. The maximum absolute atomic E-state index is 13.1. The Labute approximate surface area is 156 Å². The van der Waals surface area contributed by atoms with Crippen molar-refractivity contribution in [3.63, 3.8) is 0 Å². The standard InChI is InChI=1S/C20H20FN5O/c21-16-4-2-15(3-5-16)12-20(14-22)6-10-25(11-7-20)19(27)17-13-24-26-9-1-8-23-18(17)26/h1-5,8-9,13,19,27H,6-7,10-12H2. The van der Waals surface area contributed by atoms with E-state index in [0.717, 1.165) is 5.56 Å². The van der Waals surface area contributed by atoms with Crippen LogP contribution in [0.1, 0.15) is 30.2 Å². The summed E-state index contributed by atoms with van der Waals surface area (Å²) in [5.41, 5.74) is 1.76. The topological polar surface area (TPSA) is 77.5 Å². The molecule has 3 aromatic rings. The molecule has 3 heterocycles. The summed E-state index contributed by atoms with van der Waals surface area (Å²) < 4.78 is 14.8. The second-order valence-electron chi connectivity index (χ2n) is 7.09. The number of rotatable bonds is 4. The Hall–Kier alpha value is -2.82. The van der Waals surface area contributed by atoms with Crippen molar-refractivity contribution in [2.24, 2.45) is 5.41 Å². The summed E-state index contributed by atoms with van der Waals surface area (Å²) in [5, 5.41) is 24.8. The lowest BCUT2D eigenvalue weighted by Crippen LogP contribution is -2.42. The van der Waals surface area contributed by atoms with Gasteiger partial charge in [0.15, 0.2) is 5.65 Å². The summed E-state index contributed by atoms with van der Waals surface area (Å²) in [7, 11) is 0. The van der Waals surface area contributed by atoms with Crippen LogP contribution in [0.2, 0.25) is 0 Å². The zero-order valence-corrected chi connectivity index (χ0v) is 14.8. The van der Waals surface area contributed by atoms with E-state index in [1.54, 1.807) is 41.3 Å². The molecule has 1 aromatic carbocycles. The van der Waals surface area contributed by atoms with E-state index < -0.39 is 11.6 Å². The maximum Gasteiger partial charge on any atom is 0.162 e. The SMILES string of the molecule is N#CC1(Cc2ccc(F)cc2)CCN(C(O)c2cnn3cccnc23)CC1. The molecule has 0 bridgehead atoms. The Morgan fingerprint density at radius 2 is 2.00 bits per heavy atom. The monoisotopic (exact) mass is 365 g/mol. The average molecular weight is 365 g/mol. The number of halogens is 1. The van der Waals surface area contributed by atoms with Crippen molar-refractivity contribution >= 4 is 5.65 Å². The molecule has 0 amide bonds. The lowest BCUT2D eigenvalue weighted by molar-refractivity contribution is -0.0267. The van der Waals surface area contributed by atoms with Gasteiger partial charge in [0, 0.05) is 25.5 Å². The number of hydrogen-bond acceptors (Lipinski definition) is 5. The summed E-state index contributed by atoms with van der Waals surface area (Å²) >= 11 is 0. The number of likely N-dealkylation sites (tertiary alicyclic amines) is 1. The van der Waals surface area contributed by atoms with Gasteiger partial charge in [0.2, 0.25) is 0 Å². The number of aromatic nitrogens is 3. The highest BCUT2D eigenvalue weighted by Crippen LogP contribution is 2.37. The third kappa shape index (κ3) is 3.42. The molecule has 138 valence electrons. The lowest BCUT2D eigenvalue weighted by Gasteiger charge is -2.39. The van der Waals surface area contributed by atoms with E-state index in [2.05, 4.69) is 16.2 Å². The molecule has 1 N–H and O–H groups in total. The number of aliphatic hydroxyl groups is 1. The highest BCUT2D eigenvalue weighted by atomic mass is 19.1. The molecule has 4 rings (SSSR count). The summed E-state index contributed by atoms with van der Waals surface area (Å²) in [5.74, 6) is -0.273. The number of fused-ring (bicyclic) bond motifs is 1. The Morgan fingerprint density at radius 3 is 2.70 bits per heavy atom. The molecule has 2 aromatic heterocycles. The molecule has 6 nitrogen and oxygen atoms in total. The van der Waals surface area contributed by atoms with E-state index in [1.807, 2.05) is 4.90 Å². The van der Waals surface area contributed by atoms with E-state index in [0.29, 0.717) is 43.6 Å². The fourth-order valence-electron chi connectivity index (χ4n) is 3.74. The van der Waals surface area contributed by atoms with Crippen LogP contribution in [0.3, 0.4) is 0 Å². The van der Waals surface area contributed by atoms with Gasteiger partial charge in [-0.1, -0.05) is 12.1 Å². The average Bonchev–Trinajstić information content (AvgIpc) is 3.14. The van der Waals surface area contributed by atoms with Gasteiger partial charge in [-0.2, -0.15) is 10.4 Å². The van der Waals surface area contributed by atoms with Gasteiger partial charge in [-0.3, -0.25) is 4.90 Å². The van der Waals surface area contributed by atoms with Crippen molar-refractivity contribution < 1.29 is 9.50 Å². The fraction of sp³-hybridized carbons (Fsp3) is 0.350. The molecule has 1 saturated heterocycles. The molecule has 0 spiro atoms. The Bertz CT molecular complexity index is 970. The van der Waals surface area contributed by atoms with Gasteiger partial charge in [0.1, 0.15) is 12.0 Å². The number of aliphatic hydroxyl groups excluding tert-OH is 1. The van der Waals surface area contributed by atoms with Gasteiger partial charge in [0.05, 0.1) is 23.2 Å². The first-order valence-corrected chi connectivity index (χ1v) is 8.96. The van der Waals surface area contributed by atoms with E-state index in [1.165, 1.54) is 12.1 Å². The Balaban J connectivity index is 1.47. The van der Waals surface area contributed by atoms with Crippen molar-refractivity contribution in [3.8, 4) is 6.07 Å². The van der Waals surface area contributed by atoms with Crippen LogP contribution in [0.5, 0.6) is 0 Å². The van der Waals surface area contributed by atoms with Gasteiger partial charge in [-0.15, -0.1) is 0 Å². The van der Waals surface area contributed by atoms with E-state index in [-0.39, 0.29) is 5.82 Å². The van der Waals surface area contributed by atoms with Gasteiger partial charge in [0.25, 0.3) is 0 Å². The van der Waals surface area contributed by atoms with Crippen molar-refractivity contribution in [1.82, 2.24) is 19.5 Å². The van der Waals surface area contributed by atoms with E-state index in [9.17, 15) is 14.8 Å². The van der Waals surface area contributed by atoms with Crippen LogP contribution >= 0.6 is 0 Å². The molecule has 1 fully saturated rings. The quantitative estimate of drug-likeness (QED) is 0.769. The van der Waals surface area contributed by atoms with E-state index >= 15 is 0 Å². The number of hydrogen-bond donors (Lipinski definition) is 1. The highest BCUT2D eigenvalue weighted by Gasteiger charge is 2.37. The van der Waals surface area contributed by atoms with Crippen molar-refractivity contribution in [2.75, 3.05) is 13.1 Å². The third-order valence-electron chi connectivity index (χ3n) is 5.38. The molecule has 0 radical (unpaired) electrons. The summed E-state index contributed by atoms with van der Waals surface area (Å²) in [6.45, 7) is 1.19. The van der Waals surface area contributed by atoms with Crippen LogP contribution in [0.4, 0.5) is 4.39 Å². The summed E-state index contributed by atoms with van der Waals surface area (Å²) in [6.07, 6.45) is 6.17. The zero-order valence-electron chi connectivity index (χ0n) is 14.8. The van der Waals surface area contributed by atoms with Crippen LogP contribution in [0.15, 0.2) is 48.9 Å². The smallest absolute Gasteiger partial charge is 0.162 e. The van der Waals surface area contributed by atoms with Gasteiger partial charge in [-0.25, -0.2) is 13.9 Å². The van der Waals surface area contributed by atoms with Crippen molar-refractivity contribution in [2.45, 2.75) is 25.5 Å². The Kier molecular flexibility index (Phi) is 4.60. The predicted molar refractivity (Wildman–Crippen MR) is 96.9 cm³/mol. The molecule has 0 aliphatic carbocycles.